The van der Waals surface area contributed by atoms with Gasteiger partial charge < -0.3 is 44.1 Å². The van der Waals surface area contributed by atoms with Crippen LogP contribution in [0, 0.1) is 51.4 Å². The van der Waals surface area contributed by atoms with Crippen molar-refractivity contribution in [1.82, 2.24) is 15.1 Å². The maximum absolute atomic E-state index is 15.3. The summed E-state index contributed by atoms with van der Waals surface area (Å²) in [5, 5.41) is 25.9. The second-order valence-corrected chi connectivity index (χ2v) is 18.8. The summed E-state index contributed by atoms with van der Waals surface area (Å²) in [5.74, 6) is -7.85. The lowest BCUT2D eigenvalue weighted by Gasteiger charge is -2.39. The molecule has 9 unspecified atom stereocenters. The number of hydrogen-bond donors (Lipinski definition) is 3. The van der Waals surface area contributed by atoms with Gasteiger partial charge in [0.05, 0.1) is 48.4 Å². The first-order valence-electron chi connectivity index (χ1n) is 23.0. The number of Topliss-reactive ketones (excluding diaryl/α,β-unsaturated/α-hetero) is 3. The smallest absolute Gasteiger partial charge is 0.312 e. The minimum absolute atomic E-state index is 0.00253. The average Bonchev–Trinajstić information content (AvgIpc) is 3.55. The zero-order chi connectivity index (χ0) is 49.4. The fourth-order valence-corrected chi connectivity index (χ4v) is 10.0. The van der Waals surface area contributed by atoms with E-state index >= 15 is 9.59 Å². The predicted octanol–water partition coefficient (Wildman–Crippen LogP) is 6.00. The van der Waals surface area contributed by atoms with Crippen LogP contribution >= 0.6 is 0 Å². The summed E-state index contributed by atoms with van der Waals surface area (Å²) >= 11 is 0. The molecule has 9 atom stereocenters. The summed E-state index contributed by atoms with van der Waals surface area (Å²) in [6.45, 7) is 21.5. The number of esters is 1. The molecule has 5 aliphatic rings. The number of amides is 1. The van der Waals surface area contributed by atoms with Crippen LogP contribution in [0.15, 0.2) is 59.7 Å². The van der Waals surface area contributed by atoms with Crippen LogP contribution < -0.4 is 14.8 Å². The Morgan fingerprint density at radius 2 is 1.49 bits per heavy atom. The molecule has 0 saturated carbocycles. The van der Waals surface area contributed by atoms with E-state index in [1.807, 2.05) is 0 Å². The third-order valence-corrected chi connectivity index (χ3v) is 14.0. The van der Waals surface area contributed by atoms with Crippen molar-refractivity contribution in [2.75, 3.05) is 40.4 Å². The number of fused-ring (bicyclic) bond motifs is 14. The second-order valence-electron chi connectivity index (χ2n) is 18.8. The first-order valence-corrected chi connectivity index (χ1v) is 23.0. The molecule has 0 spiro atoms. The van der Waals surface area contributed by atoms with Crippen LogP contribution in [0.4, 0.5) is 0 Å². The number of ketones is 3. The number of carbonyl (C=O) groups is 5. The average molecular weight is 926 g/mol. The van der Waals surface area contributed by atoms with Gasteiger partial charge in [-0.2, -0.15) is 0 Å². The van der Waals surface area contributed by atoms with E-state index in [4.69, 9.17) is 23.7 Å². The topological polar surface area (TPSA) is 190 Å². The number of carbonyl (C=O) groups excluding carboxylic acids is 5. The molecule has 4 heterocycles. The van der Waals surface area contributed by atoms with E-state index in [2.05, 4.69) is 43.1 Å². The first-order chi connectivity index (χ1) is 31.6. The molecular weight excluding hydrogens is 859 g/mol. The molecule has 7 rings (SSSR count). The van der Waals surface area contributed by atoms with E-state index in [-0.39, 0.29) is 50.7 Å². The van der Waals surface area contributed by atoms with Gasteiger partial charge in [0, 0.05) is 88.5 Å². The highest BCUT2D eigenvalue weighted by molar-refractivity contribution is 6.32. The molecule has 67 heavy (non-hydrogen) atoms. The summed E-state index contributed by atoms with van der Waals surface area (Å²) in [7, 11) is 2.80. The molecule has 3 N–H and O–H groups in total. The highest BCUT2D eigenvalue weighted by atomic mass is 16.7. The molecule has 362 valence electrons. The van der Waals surface area contributed by atoms with Gasteiger partial charge in [-0.05, 0) is 57.4 Å². The monoisotopic (exact) mass is 925 g/mol. The minimum atomic E-state index is -2.03. The number of benzene rings is 2. The number of piperazine rings is 1. The number of nitrogens with one attached hydrogen (secondary N) is 1. The largest absolute Gasteiger partial charge is 0.496 e. The maximum atomic E-state index is 15.3. The van der Waals surface area contributed by atoms with Crippen LogP contribution in [-0.4, -0.2) is 120 Å². The number of allylic oxidation sites excluding steroid dienone is 4. The number of hydrogen-bond acceptors (Lipinski definition) is 14. The van der Waals surface area contributed by atoms with Gasteiger partial charge in [0.2, 0.25) is 11.6 Å². The molecular formula is C52H67N3O12. The van der Waals surface area contributed by atoms with Crippen LogP contribution in [0.3, 0.4) is 0 Å². The van der Waals surface area contributed by atoms with E-state index in [0.29, 0.717) is 32.7 Å². The fourth-order valence-electron chi connectivity index (χ4n) is 10.0. The van der Waals surface area contributed by atoms with Gasteiger partial charge in [-0.3, -0.25) is 28.9 Å². The van der Waals surface area contributed by atoms with Crippen molar-refractivity contribution in [3.05, 3.63) is 104 Å². The van der Waals surface area contributed by atoms with Crippen molar-refractivity contribution in [1.29, 1.82) is 0 Å². The quantitative estimate of drug-likeness (QED) is 0.286. The Morgan fingerprint density at radius 1 is 0.851 bits per heavy atom. The number of aliphatic hydroxyl groups is 2. The van der Waals surface area contributed by atoms with Crippen molar-refractivity contribution < 1.29 is 57.9 Å². The summed E-state index contributed by atoms with van der Waals surface area (Å²) < 4.78 is 29.9. The highest BCUT2D eigenvalue weighted by Gasteiger charge is 2.53. The number of rotatable bonds is 6. The number of methoxy groups -OCH3 is 2. The SMILES string of the molecule is COc1c(C)c2c3c4c1C(=O)C(=C(N1CCN(Cc5c(C)cc(C)cc5C)CC1)C4=O)NC(=O)/C(C)=C\C=C\C(C)C(O)C(C)C(O)C(C)C(OC(C)=O)C(C)C(OC)/C=C/OC(C)(O2)C3=O. The van der Waals surface area contributed by atoms with Crippen LogP contribution in [0.2, 0.25) is 0 Å². The lowest BCUT2D eigenvalue weighted by Crippen LogP contribution is -2.49. The lowest BCUT2D eigenvalue weighted by atomic mass is 9.78. The zero-order valence-corrected chi connectivity index (χ0v) is 41.1. The first kappa shape index (κ1) is 50.8. The summed E-state index contributed by atoms with van der Waals surface area (Å²) in [6.07, 6.45) is 3.72. The molecule has 5 bridgehead atoms. The number of aliphatic hydroxyl groups excluding tert-OH is 2. The maximum Gasteiger partial charge on any atom is 0.312 e. The number of aryl methyl sites for hydroxylation is 3. The molecule has 1 amide bonds. The zero-order valence-electron chi connectivity index (χ0n) is 41.1. The van der Waals surface area contributed by atoms with Crippen LogP contribution in [0.25, 0.3) is 0 Å². The number of ether oxygens (including phenoxy) is 5. The molecule has 1 saturated heterocycles. The van der Waals surface area contributed by atoms with E-state index in [0.717, 1.165) is 0 Å². The molecule has 0 aromatic heterocycles. The molecule has 4 aliphatic heterocycles. The standard InChI is InChI=1S/C52H67N3O12/c1-26-23-29(4)36(30(5)24-26)25-54-18-20-55(21-19-54)42-41-45(59)39-38(46(42)60)40-49(34(9)48(39)64-13)67-52(11,50(40)61)65-22-17-37(63-12)31(6)47(66-35(10)56)33(8)44(58)32(7)43(57)27(2)15-14-16-28(3)51(62)53-41/h14-17,22-24,27,31-33,37,43-44,47,57-58H,18-21,25H2,1-13H3,(H,53,62)/b15-14+,22-17+,28-16-. The fraction of sp³-hybridized carbons (Fsp3) is 0.519. The van der Waals surface area contributed by atoms with E-state index in [1.54, 1.807) is 58.6 Å². The van der Waals surface area contributed by atoms with Crippen molar-refractivity contribution >= 4 is 29.2 Å². The minimum Gasteiger partial charge on any atom is -0.496 e. The molecule has 15 nitrogen and oxygen atoms in total. The molecule has 0 radical (unpaired) electrons. The molecule has 1 aliphatic carbocycles. The Balaban J connectivity index is 1.47. The second kappa shape index (κ2) is 20.3. The normalized spacial score (nSPS) is 30.6. The van der Waals surface area contributed by atoms with Crippen molar-refractivity contribution in [3.63, 3.8) is 0 Å². The Hall–Kier alpha value is -5.61. The van der Waals surface area contributed by atoms with Crippen molar-refractivity contribution in [3.8, 4) is 11.5 Å². The lowest BCUT2D eigenvalue weighted by molar-refractivity contribution is -0.160. The predicted molar refractivity (Wildman–Crippen MR) is 251 cm³/mol. The Labute approximate surface area is 393 Å². The van der Waals surface area contributed by atoms with Crippen molar-refractivity contribution in [2.45, 2.75) is 113 Å². The Bertz CT molecular complexity index is 2420. The van der Waals surface area contributed by atoms with E-state index in [9.17, 15) is 24.6 Å². The highest BCUT2D eigenvalue weighted by Crippen LogP contribution is 2.49. The van der Waals surface area contributed by atoms with Crippen molar-refractivity contribution in [2.24, 2.45) is 23.7 Å². The van der Waals surface area contributed by atoms with Crippen LogP contribution in [0.1, 0.15) is 107 Å². The molecule has 2 aromatic rings. The Kier molecular flexibility index (Phi) is 15.4. The summed E-state index contributed by atoms with van der Waals surface area (Å²) in [4.78, 5) is 75.8. The third-order valence-electron chi connectivity index (χ3n) is 14.0. The summed E-state index contributed by atoms with van der Waals surface area (Å²) in [6, 6.07) is 4.32. The summed E-state index contributed by atoms with van der Waals surface area (Å²) in [5.41, 5.74) is 4.41. The van der Waals surface area contributed by atoms with E-state index in [1.165, 1.54) is 68.7 Å². The Morgan fingerprint density at radius 3 is 2.09 bits per heavy atom. The van der Waals surface area contributed by atoms with Gasteiger partial charge in [-0.1, -0.05) is 63.6 Å². The van der Waals surface area contributed by atoms with Gasteiger partial charge in [0.1, 0.15) is 29.0 Å². The van der Waals surface area contributed by atoms with Gasteiger partial charge >= 0.3 is 11.8 Å². The number of nitrogens with zero attached hydrogens (tertiary/aromatic N) is 2. The van der Waals surface area contributed by atoms with E-state index < -0.39 is 83.1 Å². The van der Waals surface area contributed by atoms with Crippen LogP contribution in [0.5, 0.6) is 11.5 Å². The van der Waals surface area contributed by atoms with Gasteiger partial charge in [0.15, 0.2) is 0 Å². The van der Waals surface area contributed by atoms with Gasteiger partial charge in [-0.25, -0.2) is 0 Å². The molecule has 15 heteroatoms. The van der Waals surface area contributed by atoms with Gasteiger partial charge in [-0.15, -0.1) is 0 Å². The molecule has 1 fully saturated rings. The molecule has 2 aromatic carbocycles. The van der Waals surface area contributed by atoms with Crippen LogP contribution in [-0.2, 0) is 30.3 Å². The van der Waals surface area contributed by atoms with Gasteiger partial charge in [0.25, 0.3) is 11.7 Å². The third kappa shape index (κ3) is 9.88.